The molecular weight excluding hydrogens is 594 g/mol. The van der Waals surface area contributed by atoms with E-state index in [4.69, 9.17) is 9.47 Å². The third-order valence-corrected chi connectivity index (χ3v) is 12.3. The summed E-state index contributed by atoms with van der Waals surface area (Å²) in [5.74, 6) is 1.97. The van der Waals surface area contributed by atoms with E-state index in [1.165, 1.54) is 57.6 Å². The van der Waals surface area contributed by atoms with E-state index in [2.05, 4.69) is 17.1 Å². The second-order valence-corrected chi connectivity index (χ2v) is 14.8. The van der Waals surface area contributed by atoms with Crippen LogP contribution in [-0.4, -0.2) is 49.8 Å². The number of fused-ring (bicyclic) bond motifs is 1. The van der Waals surface area contributed by atoms with Gasteiger partial charge in [0.05, 0.1) is 32.0 Å². The van der Waals surface area contributed by atoms with Crippen molar-refractivity contribution in [3.63, 3.8) is 0 Å². The van der Waals surface area contributed by atoms with Gasteiger partial charge in [-0.2, -0.15) is 0 Å². The Hall–Kier alpha value is -3.20. The molecule has 6 N–H and O–H groups in total. The molecule has 7 atom stereocenters. The Balaban J connectivity index is 1.15. The fourth-order valence-corrected chi connectivity index (χ4v) is 9.86. The molecule has 1 aromatic heterocycles. The average Bonchev–Trinajstić information content (AvgIpc) is 3.82. The van der Waals surface area contributed by atoms with E-state index < -0.39 is 30.3 Å². The van der Waals surface area contributed by atoms with Crippen LogP contribution in [0.2, 0.25) is 0 Å². The number of nitrogens with one attached hydrogen (secondary N) is 1. The zero-order chi connectivity index (χ0) is 32.7. The topological polar surface area (TPSA) is 135 Å². The van der Waals surface area contributed by atoms with Crippen molar-refractivity contribution in [2.75, 3.05) is 7.11 Å². The Labute approximate surface area is 277 Å². The molecule has 4 aliphatic rings. The zero-order valence-electron chi connectivity index (χ0n) is 27.5. The second-order valence-electron chi connectivity index (χ2n) is 14.8. The molecule has 7 rings (SSSR count). The summed E-state index contributed by atoms with van der Waals surface area (Å²) >= 11 is 0. The number of aliphatic hydroxyl groups excluding tert-OH is 2. The summed E-state index contributed by atoms with van der Waals surface area (Å²) in [7, 11) is 1.45. The van der Waals surface area contributed by atoms with Gasteiger partial charge in [-0.1, -0.05) is 50.7 Å². The number of aromatic hydroxyl groups is 3. The first-order valence-electron chi connectivity index (χ1n) is 17.9. The van der Waals surface area contributed by atoms with E-state index in [0.717, 1.165) is 48.6 Å². The summed E-state index contributed by atoms with van der Waals surface area (Å²) in [5, 5.41) is 54.8. The second kappa shape index (κ2) is 13.7. The lowest BCUT2D eigenvalue weighted by molar-refractivity contribution is -0.154. The molecule has 0 spiro atoms. The number of rotatable bonds is 8. The Morgan fingerprint density at radius 1 is 0.851 bits per heavy atom. The molecule has 1 saturated heterocycles. The molecule has 1 aliphatic heterocycles. The first kappa shape index (κ1) is 32.4. The molecule has 0 radical (unpaired) electrons. The Morgan fingerprint density at radius 2 is 1.66 bits per heavy atom. The van der Waals surface area contributed by atoms with Crippen molar-refractivity contribution in [2.45, 2.75) is 120 Å². The molecule has 254 valence electrons. The third-order valence-electron chi connectivity index (χ3n) is 12.3. The lowest BCUT2D eigenvalue weighted by Crippen LogP contribution is -2.44. The number of hydrogen-bond acceptors (Lipinski definition) is 7. The van der Waals surface area contributed by atoms with Crippen molar-refractivity contribution < 1.29 is 35.0 Å². The number of ether oxygens (including phenoxy) is 2. The van der Waals surface area contributed by atoms with E-state index in [0.29, 0.717) is 35.6 Å². The monoisotopic (exact) mass is 645 g/mol. The SMILES string of the molecule is COc1c(O)c(O)c(CO)c(C2CC(O)C3CCC(c4ccc(O)c(C5CCCC(C6CCCC6)C5)c4)CC3O2)c1Cc1cc[nH]c1. The minimum absolute atomic E-state index is 0.0112. The Bertz CT molecular complexity index is 1530. The van der Waals surface area contributed by atoms with Gasteiger partial charge in [0.25, 0.3) is 0 Å². The lowest BCUT2D eigenvalue weighted by Gasteiger charge is -2.46. The van der Waals surface area contributed by atoms with Crippen LogP contribution in [0.15, 0.2) is 36.7 Å². The standard InChI is InChI=1S/C39H51NO7/c1-46-39-30(15-22-13-14-40-20-22)36(31(21-41)37(44)38(39)45)35-19-33(43)28-11-9-26(18-34(28)47-35)25-10-12-32(42)29(17-25)27-8-4-7-24(16-27)23-5-2-3-6-23/h10,12-14,17,20,23-24,26-28,33-35,40-45H,2-9,11,15-16,18-19,21H2,1H3. The van der Waals surface area contributed by atoms with Crippen LogP contribution in [0, 0.1) is 17.8 Å². The molecule has 0 bridgehead atoms. The number of aromatic nitrogens is 1. The predicted octanol–water partition coefficient (Wildman–Crippen LogP) is 7.46. The largest absolute Gasteiger partial charge is 0.508 e. The van der Waals surface area contributed by atoms with Crippen molar-refractivity contribution in [1.82, 2.24) is 4.98 Å². The van der Waals surface area contributed by atoms with Gasteiger partial charge in [-0.15, -0.1) is 0 Å². The van der Waals surface area contributed by atoms with Gasteiger partial charge in [-0.05, 0) is 90.2 Å². The maximum Gasteiger partial charge on any atom is 0.201 e. The average molecular weight is 646 g/mol. The van der Waals surface area contributed by atoms with E-state index in [1.54, 1.807) is 0 Å². The van der Waals surface area contributed by atoms with Crippen molar-refractivity contribution in [3.05, 3.63) is 70.0 Å². The highest BCUT2D eigenvalue weighted by atomic mass is 16.5. The molecular formula is C39H51NO7. The van der Waals surface area contributed by atoms with Crippen LogP contribution in [0.3, 0.4) is 0 Å². The summed E-state index contributed by atoms with van der Waals surface area (Å²) in [6.07, 6.45) is 15.8. The molecule has 47 heavy (non-hydrogen) atoms. The van der Waals surface area contributed by atoms with Gasteiger partial charge in [-0.25, -0.2) is 0 Å². The van der Waals surface area contributed by atoms with Gasteiger partial charge in [0.15, 0.2) is 11.5 Å². The number of benzene rings is 2. The van der Waals surface area contributed by atoms with Crippen LogP contribution in [0.25, 0.3) is 0 Å². The van der Waals surface area contributed by atoms with E-state index in [9.17, 15) is 25.5 Å². The molecule has 4 fully saturated rings. The molecule has 0 amide bonds. The summed E-state index contributed by atoms with van der Waals surface area (Å²) in [4.78, 5) is 3.06. The molecule has 3 aliphatic carbocycles. The van der Waals surface area contributed by atoms with Crippen LogP contribution in [-0.2, 0) is 17.8 Å². The van der Waals surface area contributed by atoms with Crippen LogP contribution in [0.4, 0.5) is 0 Å². The fourth-order valence-electron chi connectivity index (χ4n) is 9.86. The molecule has 7 unspecified atom stereocenters. The van der Waals surface area contributed by atoms with Crippen molar-refractivity contribution in [3.8, 4) is 23.0 Å². The zero-order valence-corrected chi connectivity index (χ0v) is 27.5. The number of aliphatic hydroxyl groups is 2. The smallest absolute Gasteiger partial charge is 0.201 e. The molecule has 3 aromatic rings. The van der Waals surface area contributed by atoms with E-state index in [1.807, 2.05) is 24.5 Å². The minimum Gasteiger partial charge on any atom is -0.508 e. The highest BCUT2D eigenvalue weighted by Gasteiger charge is 2.44. The molecule has 3 saturated carbocycles. The summed E-state index contributed by atoms with van der Waals surface area (Å²) in [5.41, 5.74) is 4.67. The van der Waals surface area contributed by atoms with Gasteiger partial charge in [0.2, 0.25) is 5.75 Å². The van der Waals surface area contributed by atoms with Crippen molar-refractivity contribution in [1.29, 1.82) is 0 Å². The maximum atomic E-state index is 11.5. The van der Waals surface area contributed by atoms with E-state index >= 15 is 0 Å². The first-order chi connectivity index (χ1) is 22.9. The molecule has 8 heteroatoms. The van der Waals surface area contributed by atoms with Crippen LogP contribution in [0.5, 0.6) is 23.0 Å². The molecule has 2 aromatic carbocycles. The number of H-pyrrole nitrogens is 1. The summed E-state index contributed by atoms with van der Waals surface area (Å²) in [6.45, 7) is -0.495. The quantitative estimate of drug-likeness (QED) is 0.140. The molecule has 8 nitrogen and oxygen atoms in total. The van der Waals surface area contributed by atoms with E-state index in [-0.39, 0.29) is 29.3 Å². The van der Waals surface area contributed by atoms with Crippen LogP contribution in [0.1, 0.15) is 128 Å². The predicted molar refractivity (Wildman–Crippen MR) is 179 cm³/mol. The molecule has 2 heterocycles. The van der Waals surface area contributed by atoms with Crippen LogP contribution >= 0.6 is 0 Å². The first-order valence-corrected chi connectivity index (χ1v) is 17.9. The number of aromatic amines is 1. The van der Waals surface area contributed by atoms with Gasteiger partial charge in [0.1, 0.15) is 5.75 Å². The van der Waals surface area contributed by atoms with Gasteiger partial charge >= 0.3 is 0 Å². The third kappa shape index (κ3) is 6.25. The minimum atomic E-state index is -0.613. The lowest BCUT2D eigenvalue weighted by atomic mass is 9.70. The van der Waals surface area contributed by atoms with Crippen LogP contribution < -0.4 is 4.74 Å². The number of methoxy groups -OCH3 is 1. The summed E-state index contributed by atoms with van der Waals surface area (Å²) < 4.78 is 12.5. The van der Waals surface area contributed by atoms with Crippen molar-refractivity contribution >= 4 is 0 Å². The van der Waals surface area contributed by atoms with Gasteiger partial charge < -0.3 is 40.0 Å². The van der Waals surface area contributed by atoms with Gasteiger partial charge in [-0.3, -0.25) is 0 Å². The number of phenols is 3. The fraction of sp³-hybridized carbons (Fsp3) is 0.590. The highest BCUT2D eigenvalue weighted by molar-refractivity contribution is 5.64. The highest BCUT2D eigenvalue weighted by Crippen LogP contribution is 2.53. The maximum absolute atomic E-state index is 11.5. The Kier molecular flexibility index (Phi) is 9.45. The Morgan fingerprint density at radius 3 is 2.40 bits per heavy atom. The number of hydrogen-bond donors (Lipinski definition) is 6. The van der Waals surface area contributed by atoms with Gasteiger partial charge in [0, 0.05) is 42.3 Å². The number of phenolic OH excluding ortho intramolecular Hbond substituents is 2. The normalized spacial score (nSPS) is 29.9. The van der Waals surface area contributed by atoms with Crippen molar-refractivity contribution in [2.24, 2.45) is 17.8 Å². The summed E-state index contributed by atoms with van der Waals surface area (Å²) in [6, 6.07) is 8.15.